The van der Waals surface area contributed by atoms with Crippen LogP contribution in [0, 0.1) is 10.1 Å². The third-order valence-corrected chi connectivity index (χ3v) is 2.56. The summed E-state index contributed by atoms with van der Waals surface area (Å²) < 4.78 is 9.99. The lowest BCUT2D eigenvalue weighted by molar-refractivity contribution is -0.386. The molecule has 0 amide bonds. The molecule has 1 heterocycles. The van der Waals surface area contributed by atoms with Crippen molar-refractivity contribution in [3.63, 3.8) is 0 Å². The Balaban J connectivity index is 2.26. The molecule has 2 rings (SSSR count). The van der Waals surface area contributed by atoms with Crippen molar-refractivity contribution in [2.75, 3.05) is 6.61 Å². The van der Waals surface area contributed by atoms with E-state index in [1.54, 1.807) is 0 Å². The number of cyclic esters (lactones) is 1. The number of aliphatic hydroxyl groups excluding tert-OH is 1. The van der Waals surface area contributed by atoms with Crippen LogP contribution in [0.25, 0.3) is 0 Å². The second kappa shape index (κ2) is 5.01. The topological polar surface area (TPSA) is 98.9 Å². The Morgan fingerprint density at radius 3 is 2.89 bits per heavy atom. The van der Waals surface area contributed by atoms with Crippen LogP contribution in [-0.4, -0.2) is 28.7 Å². The predicted octanol–water partition coefficient (Wildman–Crippen LogP) is 0.781. The lowest BCUT2D eigenvalue weighted by Crippen LogP contribution is -2.22. The molecule has 0 saturated carbocycles. The summed E-state index contributed by atoms with van der Waals surface area (Å²) in [6.07, 6.45) is -0.429. The second-order valence-electron chi connectivity index (χ2n) is 3.78. The van der Waals surface area contributed by atoms with E-state index in [1.165, 1.54) is 18.2 Å². The van der Waals surface area contributed by atoms with Gasteiger partial charge in [-0.05, 0) is 11.6 Å². The van der Waals surface area contributed by atoms with Crippen LogP contribution >= 0.6 is 0 Å². The summed E-state index contributed by atoms with van der Waals surface area (Å²) >= 11 is 0. The van der Waals surface area contributed by atoms with Crippen LogP contribution in [0.4, 0.5) is 5.69 Å². The molecule has 1 fully saturated rings. The van der Waals surface area contributed by atoms with E-state index in [0.717, 1.165) is 0 Å². The SMILES string of the molecule is O=C1OCCC1Oc1ccc(CO)cc1[N+](=O)[O-]. The van der Waals surface area contributed by atoms with Crippen molar-refractivity contribution in [2.24, 2.45) is 0 Å². The van der Waals surface area contributed by atoms with Crippen LogP contribution in [0.2, 0.25) is 0 Å². The van der Waals surface area contributed by atoms with Gasteiger partial charge in [0.25, 0.3) is 0 Å². The highest BCUT2D eigenvalue weighted by Gasteiger charge is 2.30. The number of nitro groups is 1. The number of ether oxygens (including phenoxy) is 2. The molecule has 1 saturated heterocycles. The summed E-state index contributed by atoms with van der Waals surface area (Å²) in [5.74, 6) is -0.517. The van der Waals surface area contributed by atoms with E-state index in [9.17, 15) is 14.9 Å². The lowest BCUT2D eigenvalue weighted by atomic mass is 10.2. The Morgan fingerprint density at radius 2 is 2.33 bits per heavy atom. The Morgan fingerprint density at radius 1 is 1.56 bits per heavy atom. The van der Waals surface area contributed by atoms with E-state index in [-0.39, 0.29) is 24.7 Å². The van der Waals surface area contributed by atoms with Crippen LogP contribution in [0.15, 0.2) is 18.2 Å². The molecule has 1 N–H and O–H groups in total. The highest BCUT2D eigenvalue weighted by Crippen LogP contribution is 2.30. The number of aliphatic hydroxyl groups is 1. The zero-order valence-electron chi connectivity index (χ0n) is 9.37. The number of benzene rings is 1. The van der Waals surface area contributed by atoms with Crippen molar-refractivity contribution in [1.29, 1.82) is 0 Å². The number of carbonyl (C=O) groups excluding carboxylic acids is 1. The maximum atomic E-state index is 11.2. The van der Waals surface area contributed by atoms with Crippen LogP contribution in [0.3, 0.4) is 0 Å². The molecule has 0 aliphatic carbocycles. The van der Waals surface area contributed by atoms with E-state index in [4.69, 9.17) is 14.6 Å². The molecule has 1 aliphatic heterocycles. The minimum atomic E-state index is -0.802. The van der Waals surface area contributed by atoms with Gasteiger partial charge in [0.2, 0.25) is 0 Å². The zero-order chi connectivity index (χ0) is 13.1. The van der Waals surface area contributed by atoms with Crippen molar-refractivity contribution in [3.05, 3.63) is 33.9 Å². The number of nitro benzene ring substituents is 1. The van der Waals surface area contributed by atoms with Crippen LogP contribution in [-0.2, 0) is 16.1 Å². The molecule has 96 valence electrons. The van der Waals surface area contributed by atoms with E-state index in [2.05, 4.69) is 0 Å². The normalized spacial score (nSPS) is 18.5. The molecule has 0 aromatic heterocycles. The van der Waals surface area contributed by atoms with Gasteiger partial charge in [0.1, 0.15) is 0 Å². The fourth-order valence-electron chi connectivity index (χ4n) is 1.64. The molecule has 1 atom stereocenters. The number of esters is 1. The standard InChI is InChI=1S/C11H11NO6/c13-6-7-1-2-9(8(5-7)12(15)16)18-10-3-4-17-11(10)14/h1-2,5,10,13H,3-4,6H2. The predicted molar refractivity (Wildman–Crippen MR) is 59.0 cm³/mol. The van der Waals surface area contributed by atoms with Crippen molar-refractivity contribution in [3.8, 4) is 5.75 Å². The van der Waals surface area contributed by atoms with Gasteiger partial charge in [-0.15, -0.1) is 0 Å². The van der Waals surface area contributed by atoms with Gasteiger partial charge in [-0.2, -0.15) is 0 Å². The maximum absolute atomic E-state index is 11.2. The minimum Gasteiger partial charge on any atom is -0.471 e. The summed E-state index contributed by atoms with van der Waals surface area (Å²) in [4.78, 5) is 21.5. The van der Waals surface area contributed by atoms with E-state index in [0.29, 0.717) is 12.0 Å². The van der Waals surface area contributed by atoms with Gasteiger partial charge in [-0.1, -0.05) is 6.07 Å². The largest absolute Gasteiger partial charge is 0.471 e. The van der Waals surface area contributed by atoms with Gasteiger partial charge in [0.15, 0.2) is 11.9 Å². The average Bonchev–Trinajstić information content (AvgIpc) is 2.75. The molecular weight excluding hydrogens is 242 g/mol. The summed E-state index contributed by atoms with van der Waals surface area (Å²) in [5, 5.41) is 19.8. The fourth-order valence-corrected chi connectivity index (χ4v) is 1.64. The minimum absolute atomic E-state index is 0.000972. The number of rotatable bonds is 4. The van der Waals surface area contributed by atoms with Crippen molar-refractivity contribution < 1.29 is 24.3 Å². The Kier molecular flexibility index (Phi) is 3.42. The molecule has 0 bridgehead atoms. The summed E-state index contributed by atoms with van der Waals surface area (Å²) in [7, 11) is 0. The summed E-state index contributed by atoms with van der Waals surface area (Å²) in [6.45, 7) is -0.0430. The molecular formula is C11H11NO6. The molecule has 1 aromatic rings. The first-order chi connectivity index (χ1) is 8.61. The van der Waals surface area contributed by atoms with E-state index >= 15 is 0 Å². The van der Waals surface area contributed by atoms with Crippen molar-refractivity contribution in [1.82, 2.24) is 0 Å². The molecule has 0 radical (unpaired) electrons. The Bertz CT molecular complexity index is 486. The van der Waals surface area contributed by atoms with E-state index < -0.39 is 17.0 Å². The second-order valence-corrected chi connectivity index (χ2v) is 3.78. The van der Waals surface area contributed by atoms with Gasteiger partial charge >= 0.3 is 11.7 Å². The summed E-state index contributed by atoms with van der Waals surface area (Å²) in [6, 6.07) is 4.09. The number of hydrogen-bond donors (Lipinski definition) is 1. The molecule has 1 aliphatic rings. The molecule has 18 heavy (non-hydrogen) atoms. The van der Waals surface area contributed by atoms with Gasteiger partial charge in [0, 0.05) is 12.5 Å². The fraction of sp³-hybridized carbons (Fsp3) is 0.364. The number of hydrogen-bond acceptors (Lipinski definition) is 6. The molecule has 7 heteroatoms. The van der Waals surface area contributed by atoms with Gasteiger partial charge in [-0.25, -0.2) is 4.79 Å². The van der Waals surface area contributed by atoms with Crippen LogP contribution in [0.5, 0.6) is 5.75 Å². The first-order valence-electron chi connectivity index (χ1n) is 5.33. The first kappa shape index (κ1) is 12.3. The van der Waals surface area contributed by atoms with Crippen molar-refractivity contribution in [2.45, 2.75) is 19.1 Å². The van der Waals surface area contributed by atoms with Crippen LogP contribution in [0.1, 0.15) is 12.0 Å². The number of nitrogens with zero attached hydrogens (tertiary/aromatic N) is 1. The molecule has 7 nitrogen and oxygen atoms in total. The Hall–Kier alpha value is -2.15. The third-order valence-electron chi connectivity index (χ3n) is 2.56. The smallest absolute Gasteiger partial charge is 0.347 e. The van der Waals surface area contributed by atoms with Crippen molar-refractivity contribution >= 4 is 11.7 Å². The monoisotopic (exact) mass is 253 g/mol. The molecule has 1 unspecified atom stereocenters. The Labute approximate surface area is 102 Å². The number of carbonyl (C=O) groups is 1. The summed E-state index contributed by atoms with van der Waals surface area (Å²) in [5.41, 5.74) is 0.129. The van der Waals surface area contributed by atoms with Gasteiger partial charge in [-0.3, -0.25) is 10.1 Å². The van der Waals surface area contributed by atoms with Gasteiger partial charge < -0.3 is 14.6 Å². The molecule has 0 spiro atoms. The third kappa shape index (κ3) is 2.40. The average molecular weight is 253 g/mol. The van der Waals surface area contributed by atoms with Crippen LogP contribution < -0.4 is 4.74 Å². The van der Waals surface area contributed by atoms with E-state index in [1.807, 2.05) is 0 Å². The highest BCUT2D eigenvalue weighted by molar-refractivity contribution is 5.77. The highest BCUT2D eigenvalue weighted by atomic mass is 16.6. The molecule has 1 aromatic carbocycles. The van der Waals surface area contributed by atoms with Gasteiger partial charge in [0.05, 0.1) is 18.1 Å². The quantitative estimate of drug-likeness (QED) is 0.483. The zero-order valence-corrected chi connectivity index (χ0v) is 9.37. The lowest BCUT2D eigenvalue weighted by Gasteiger charge is -2.10. The first-order valence-corrected chi connectivity index (χ1v) is 5.33. The maximum Gasteiger partial charge on any atom is 0.347 e.